The Morgan fingerprint density at radius 2 is 1.67 bits per heavy atom. The standard InChI is InChI=1S/C31H41NO10/c1-17-26(37)27(38)30(42-28(17)29(39)40)41-23-15-18(8-9-19(23)10-13-24(35)31(2,3)4)7-5-6-14-32-25(36)16-20-21(33)11-12-22(20)34/h8-9,11-12,15,17,20,26-28,30,37-38H,5-7,10,13-14,16H2,1-4H3,(H,32,36)(H,39,40)/t17-,26-,27+,28-,30+/m0/s1. The van der Waals surface area contributed by atoms with Crippen molar-refractivity contribution in [2.75, 3.05) is 6.54 Å². The molecule has 11 nitrogen and oxygen atoms in total. The minimum atomic E-state index is -1.49. The predicted octanol–water partition coefficient (Wildman–Crippen LogP) is 1.93. The highest BCUT2D eigenvalue weighted by molar-refractivity contribution is 6.20. The third-order valence-corrected chi connectivity index (χ3v) is 7.70. The number of carboxylic acid groups (broad SMARTS) is 1. The summed E-state index contributed by atoms with van der Waals surface area (Å²) in [6.45, 7) is 7.35. The summed E-state index contributed by atoms with van der Waals surface area (Å²) in [4.78, 5) is 59.7. The van der Waals surface area contributed by atoms with Crippen LogP contribution >= 0.6 is 0 Å². The highest BCUT2D eigenvalue weighted by atomic mass is 16.7. The van der Waals surface area contributed by atoms with Gasteiger partial charge in [0.1, 0.15) is 17.6 Å². The molecule has 42 heavy (non-hydrogen) atoms. The lowest BCUT2D eigenvalue weighted by Crippen LogP contribution is -2.57. The Bertz CT molecular complexity index is 1200. The normalized spacial score (nSPS) is 24.6. The van der Waals surface area contributed by atoms with Crippen molar-refractivity contribution in [2.45, 2.75) is 90.8 Å². The van der Waals surface area contributed by atoms with Crippen molar-refractivity contribution in [1.29, 1.82) is 0 Å². The smallest absolute Gasteiger partial charge is 0.333 e. The summed E-state index contributed by atoms with van der Waals surface area (Å²) in [5.74, 6) is -3.76. The zero-order chi connectivity index (χ0) is 31.2. The van der Waals surface area contributed by atoms with Crippen LogP contribution in [0.25, 0.3) is 0 Å². The summed E-state index contributed by atoms with van der Waals surface area (Å²) in [6, 6.07) is 5.45. The first-order chi connectivity index (χ1) is 19.7. The minimum absolute atomic E-state index is 0.0571. The Morgan fingerprint density at radius 3 is 2.29 bits per heavy atom. The maximum absolute atomic E-state index is 12.6. The highest BCUT2D eigenvalue weighted by Gasteiger charge is 2.46. The lowest BCUT2D eigenvalue weighted by Gasteiger charge is -2.39. The van der Waals surface area contributed by atoms with Gasteiger partial charge < -0.3 is 30.1 Å². The van der Waals surface area contributed by atoms with Gasteiger partial charge in [-0.3, -0.25) is 19.2 Å². The molecule has 11 heteroatoms. The molecule has 0 spiro atoms. The van der Waals surface area contributed by atoms with Crippen molar-refractivity contribution < 1.29 is 48.8 Å². The molecule has 2 aliphatic rings. The quantitative estimate of drug-likeness (QED) is 0.197. The summed E-state index contributed by atoms with van der Waals surface area (Å²) in [5, 5.41) is 33.3. The van der Waals surface area contributed by atoms with Crippen LogP contribution in [0.15, 0.2) is 30.4 Å². The second-order valence-corrected chi connectivity index (χ2v) is 12.0. The van der Waals surface area contributed by atoms with Gasteiger partial charge >= 0.3 is 5.97 Å². The van der Waals surface area contributed by atoms with Crippen LogP contribution in [0.5, 0.6) is 5.75 Å². The lowest BCUT2D eigenvalue weighted by atomic mass is 9.87. The largest absolute Gasteiger partial charge is 0.479 e. The fourth-order valence-electron chi connectivity index (χ4n) is 4.88. The molecule has 1 saturated heterocycles. The molecule has 0 bridgehead atoms. The van der Waals surface area contributed by atoms with Crippen LogP contribution in [0.1, 0.15) is 64.5 Å². The number of aliphatic carboxylic acids is 1. The number of carbonyl (C=O) groups is 5. The number of ketones is 3. The average Bonchev–Trinajstić information content (AvgIpc) is 3.23. The number of aryl methyl sites for hydroxylation is 2. The fraction of sp³-hybridized carbons (Fsp3) is 0.581. The van der Waals surface area contributed by atoms with E-state index in [1.165, 1.54) is 19.1 Å². The number of hydrogen-bond donors (Lipinski definition) is 4. The summed E-state index contributed by atoms with van der Waals surface area (Å²) < 4.78 is 11.5. The van der Waals surface area contributed by atoms with E-state index in [4.69, 9.17) is 9.47 Å². The van der Waals surface area contributed by atoms with Gasteiger partial charge in [0.05, 0.1) is 12.0 Å². The monoisotopic (exact) mass is 587 g/mol. The molecule has 1 fully saturated rings. The van der Waals surface area contributed by atoms with Gasteiger partial charge in [-0.15, -0.1) is 0 Å². The van der Waals surface area contributed by atoms with Gasteiger partial charge in [0, 0.05) is 30.7 Å². The Labute approximate surface area is 245 Å². The van der Waals surface area contributed by atoms with E-state index in [9.17, 15) is 39.3 Å². The van der Waals surface area contributed by atoms with Crippen molar-refractivity contribution in [3.8, 4) is 5.75 Å². The third kappa shape index (κ3) is 8.56. The summed E-state index contributed by atoms with van der Waals surface area (Å²) >= 11 is 0. The van der Waals surface area contributed by atoms with E-state index < -0.39 is 47.8 Å². The maximum atomic E-state index is 12.6. The SMILES string of the molecule is C[C@H]1[C@H](O)[C@@H](O)[C@H](Oc2cc(CCCCNC(=O)CC3C(=O)C=CC3=O)ccc2CCC(=O)C(C)(C)C)O[C@@H]1C(=O)O. The molecule has 4 N–H and O–H groups in total. The van der Waals surface area contributed by atoms with Crippen LogP contribution in [-0.2, 0) is 41.6 Å². The number of amides is 1. The van der Waals surface area contributed by atoms with E-state index in [2.05, 4.69) is 5.32 Å². The molecule has 5 atom stereocenters. The van der Waals surface area contributed by atoms with Gasteiger partial charge in [0.2, 0.25) is 12.2 Å². The lowest BCUT2D eigenvalue weighted by molar-refractivity contribution is -0.256. The summed E-state index contributed by atoms with van der Waals surface area (Å²) in [6.07, 6.45) is -0.950. The first kappa shape index (κ1) is 33.1. The number of unbranched alkanes of at least 4 members (excludes halogenated alkanes) is 1. The number of rotatable bonds is 13. The topological polar surface area (TPSA) is 177 Å². The number of hydrogen-bond acceptors (Lipinski definition) is 9. The second-order valence-electron chi connectivity index (χ2n) is 12.0. The van der Waals surface area contributed by atoms with Crippen LogP contribution < -0.4 is 10.1 Å². The molecule has 1 aliphatic heterocycles. The number of Topliss-reactive ketones (excluding diaryl/α,β-unsaturated/α-hetero) is 1. The molecule has 1 amide bonds. The van der Waals surface area contributed by atoms with Gasteiger partial charge in [-0.05, 0) is 55.0 Å². The fourth-order valence-corrected chi connectivity index (χ4v) is 4.88. The van der Waals surface area contributed by atoms with Crippen LogP contribution in [0.2, 0.25) is 0 Å². The third-order valence-electron chi connectivity index (χ3n) is 7.70. The number of carbonyl (C=O) groups excluding carboxylic acids is 4. The van der Waals surface area contributed by atoms with Gasteiger partial charge in [-0.25, -0.2) is 4.79 Å². The van der Waals surface area contributed by atoms with E-state index >= 15 is 0 Å². The summed E-state index contributed by atoms with van der Waals surface area (Å²) in [7, 11) is 0. The number of allylic oxidation sites excluding steroid dienone is 2. The van der Waals surface area contributed by atoms with Crippen LogP contribution in [0.3, 0.4) is 0 Å². The Balaban J connectivity index is 1.64. The molecular formula is C31H41NO10. The average molecular weight is 588 g/mol. The zero-order valence-corrected chi connectivity index (χ0v) is 24.5. The molecule has 1 heterocycles. The van der Waals surface area contributed by atoms with E-state index in [0.717, 1.165) is 5.56 Å². The minimum Gasteiger partial charge on any atom is -0.479 e. The van der Waals surface area contributed by atoms with Crippen molar-refractivity contribution in [3.05, 3.63) is 41.5 Å². The number of aliphatic hydroxyl groups is 2. The van der Waals surface area contributed by atoms with Crippen LogP contribution in [0, 0.1) is 17.3 Å². The maximum Gasteiger partial charge on any atom is 0.333 e. The van der Waals surface area contributed by atoms with Gasteiger partial charge in [0.25, 0.3) is 0 Å². The van der Waals surface area contributed by atoms with E-state index in [0.29, 0.717) is 43.5 Å². The molecule has 1 aliphatic carbocycles. The first-order valence-electron chi connectivity index (χ1n) is 14.3. The molecule has 3 rings (SSSR count). The second kappa shape index (κ2) is 14.2. The Hall–Kier alpha value is -3.41. The van der Waals surface area contributed by atoms with Gasteiger partial charge in [-0.1, -0.05) is 39.8 Å². The van der Waals surface area contributed by atoms with Crippen molar-refractivity contribution in [3.63, 3.8) is 0 Å². The molecule has 1 aromatic rings. The van der Waals surface area contributed by atoms with Crippen LogP contribution in [-0.4, -0.2) is 75.7 Å². The van der Waals surface area contributed by atoms with Crippen molar-refractivity contribution in [1.82, 2.24) is 5.32 Å². The van der Waals surface area contributed by atoms with E-state index in [1.807, 2.05) is 32.9 Å². The zero-order valence-electron chi connectivity index (χ0n) is 24.5. The number of nitrogens with one attached hydrogen (secondary N) is 1. The van der Waals surface area contributed by atoms with E-state index in [1.54, 1.807) is 6.07 Å². The molecule has 0 radical (unpaired) electrons. The summed E-state index contributed by atoms with van der Waals surface area (Å²) in [5.41, 5.74) is 1.02. The first-order valence-corrected chi connectivity index (χ1v) is 14.3. The molecule has 230 valence electrons. The van der Waals surface area contributed by atoms with E-state index in [-0.39, 0.29) is 36.1 Å². The molecule has 0 aromatic heterocycles. The van der Waals surface area contributed by atoms with Gasteiger partial charge in [0.15, 0.2) is 17.7 Å². The Morgan fingerprint density at radius 1 is 1.00 bits per heavy atom. The number of aliphatic hydroxyl groups excluding tert-OH is 2. The Kier molecular flexibility index (Phi) is 11.2. The number of carboxylic acids is 1. The molecule has 0 saturated carbocycles. The molecule has 0 unspecified atom stereocenters. The number of ether oxygens (including phenoxy) is 2. The van der Waals surface area contributed by atoms with Crippen LogP contribution in [0.4, 0.5) is 0 Å². The van der Waals surface area contributed by atoms with Gasteiger partial charge in [-0.2, -0.15) is 0 Å². The molecule has 1 aromatic carbocycles. The van der Waals surface area contributed by atoms with Crippen molar-refractivity contribution >= 4 is 29.2 Å². The highest BCUT2D eigenvalue weighted by Crippen LogP contribution is 2.31. The van der Waals surface area contributed by atoms with Crippen molar-refractivity contribution in [2.24, 2.45) is 17.3 Å². The molecular weight excluding hydrogens is 546 g/mol. The predicted molar refractivity (Wildman–Crippen MR) is 151 cm³/mol. The number of benzene rings is 1.